The van der Waals surface area contributed by atoms with Crippen molar-refractivity contribution in [1.29, 1.82) is 0 Å². The monoisotopic (exact) mass is 478 g/mol. The summed E-state index contributed by atoms with van der Waals surface area (Å²) in [5, 5.41) is 5.77. The number of piperazine rings is 1. The van der Waals surface area contributed by atoms with Crippen molar-refractivity contribution in [2.75, 3.05) is 51.3 Å². The van der Waals surface area contributed by atoms with Crippen molar-refractivity contribution in [2.45, 2.75) is 26.8 Å². The highest BCUT2D eigenvalue weighted by Gasteiger charge is 2.36. The molecule has 0 spiro atoms. The summed E-state index contributed by atoms with van der Waals surface area (Å²) in [6.07, 6.45) is 0. The van der Waals surface area contributed by atoms with Gasteiger partial charge in [0.15, 0.2) is 0 Å². The number of urea groups is 1. The fourth-order valence-electron chi connectivity index (χ4n) is 4.78. The topological polar surface area (TPSA) is 83.1 Å². The Morgan fingerprint density at radius 3 is 2.51 bits per heavy atom. The first kappa shape index (κ1) is 24.6. The fourth-order valence-corrected chi connectivity index (χ4v) is 4.78. The molecule has 2 N–H and O–H groups in total. The highest BCUT2D eigenvalue weighted by atomic mass is 16.5. The van der Waals surface area contributed by atoms with Gasteiger partial charge in [-0.05, 0) is 44.0 Å². The molecule has 35 heavy (non-hydrogen) atoms. The van der Waals surface area contributed by atoms with Crippen LogP contribution in [0.2, 0.25) is 0 Å². The summed E-state index contributed by atoms with van der Waals surface area (Å²) >= 11 is 0. The van der Waals surface area contributed by atoms with Gasteiger partial charge in [-0.1, -0.05) is 30.3 Å². The van der Waals surface area contributed by atoms with Gasteiger partial charge < -0.3 is 25.0 Å². The van der Waals surface area contributed by atoms with Crippen molar-refractivity contribution in [2.24, 2.45) is 0 Å². The lowest BCUT2D eigenvalue weighted by Gasteiger charge is -2.38. The lowest BCUT2D eigenvalue weighted by Crippen LogP contribution is -2.52. The molecule has 2 aliphatic rings. The Hall–Kier alpha value is -3.52. The molecule has 0 aliphatic carbocycles. The number of benzene rings is 2. The highest BCUT2D eigenvalue weighted by molar-refractivity contribution is 5.95. The second-order valence-electron chi connectivity index (χ2n) is 8.87. The number of aryl methyl sites for hydroxylation is 1. The number of para-hydroxylation sites is 1. The Morgan fingerprint density at radius 1 is 1.06 bits per heavy atom. The van der Waals surface area contributed by atoms with E-state index in [9.17, 15) is 9.59 Å². The largest absolute Gasteiger partial charge is 0.496 e. The number of esters is 1. The van der Waals surface area contributed by atoms with Gasteiger partial charge in [0.05, 0.1) is 25.3 Å². The van der Waals surface area contributed by atoms with Crippen molar-refractivity contribution >= 4 is 17.7 Å². The molecule has 0 saturated carbocycles. The van der Waals surface area contributed by atoms with Crippen LogP contribution in [0, 0.1) is 13.8 Å². The van der Waals surface area contributed by atoms with Crippen LogP contribution in [0.1, 0.15) is 29.7 Å². The molecule has 1 unspecified atom stereocenters. The van der Waals surface area contributed by atoms with E-state index in [2.05, 4.69) is 52.5 Å². The molecule has 186 valence electrons. The first-order valence-electron chi connectivity index (χ1n) is 12.1. The molecule has 2 aromatic carbocycles. The first-order chi connectivity index (χ1) is 16.9. The molecule has 1 saturated heterocycles. The quantitative estimate of drug-likeness (QED) is 0.594. The number of hydrogen-bond donors (Lipinski definition) is 2. The van der Waals surface area contributed by atoms with E-state index in [0.29, 0.717) is 29.1 Å². The summed E-state index contributed by atoms with van der Waals surface area (Å²) in [4.78, 5) is 30.4. The van der Waals surface area contributed by atoms with Crippen LogP contribution in [0.4, 0.5) is 10.5 Å². The molecule has 2 heterocycles. The van der Waals surface area contributed by atoms with E-state index < -0.39 is 12.0 Å². The first-order valence-corrected chi connectivity index (χ1v) is 12.1. The molecular formula is C27H34N4O4. The number of nitrogens with one attached hydrogen (secondary N) is 2. The zero-order valence-electron chi connectivity index (χ0n) is 20.9. The van der Waals surface area contributed by atoms with E-state index in [-0.39, 0.29) is 12.6 Å². The molecule has 0 bridgehead atoms. The third-order valence-corrected chi connectivity index (χ3v) is 6.77. The second-order valence-corrected chi connectivity index (χ2v) is 8.87. The lowest BCUT2D eigenvalue weighted by atomic mass is 9.94. The number of anilines is 1. The van der Waals surface area contributed by atoms with Crippen molar-refractivity contribution in [3.63, 3.8) is 0 Å². The maximum absolute atomic E-state index is 13.1. The molecule has 1 fully saturated rings. The normalized spacial score (nSPS) is 18.7. The van der Waals surface area contributed by atoms with E-state index in [1.165, 1.54) is 16.8 Å². The van der Waals surface area contributed by atoms with Crippen LogP contribution in [0.25, 0.3) is 0 Å². The standard InChI is InChI=1S/C27H34N4O4/c1-5-35-26(32)24-21(28-27(33)29-25(24)20-10-6-7-12-23(20)34-4)17-30-13-15-31(16-14-30)22-11-8-9-18(2)19(22)3/h6-12,25H,5,13-17H2,1-4H3,(H2,28,29,33). The number of rotatable bonds is 7. The van der Waals surface area contributed by atoms with Gasteiger partial charge in [-0.2, -0.15) is 0 Å². The summed E-state index contributed by atoms with van der Waals surface area (Å²) in [6.45, 7) is 10.1. The summed E-state index contributed by atoms with van der Waals surface area (Å²) < 4.78 is 10.9. The van der Waals surface area contributed by atoms with Crippen LogP contribution >= 0.6 is 0 Å². The van der Waals surface area contributed by atoms with Crippen LogP contribution in [0.15, 0.2) is 53.7 Å². The van der Waals surface area contributed by atoms with Gasteiger partial charge in [-0.15, -0.1) is 0 Å². The van der Waals surface area contributed by atoms with E-state index in [0.717, 1.165) is 26.2 Å². The average Bonchev–Trinajstić information content (AvgIpc) is 2.86. The number of amides is 2. The molecule has 1 atom stereocenters. The van der Waals surface area contributed by atoms with Crippen LogP contribution in [0.5, 0.6) is 5.75 Å². The van der Waals surface area contributed by atoms with Crippen LogP contribution in [0.3, 0.4) is 0 Å². The van der Waals surface area contributed by atoms with Gasteiger partial charge in [-0.25, -0.2) is 9.59 Å². The average molecular weight is 479 g/mol. The third kappa shape index (κ3) is 5.27. The van der Waals surface area contributed by atoms with Crippen molar-refractivity contribution in [3.8, 4) is 5.75 Å². The molecule has 0 aromatic heterocycles. The number of methoxy groups -OCH3 is 1. The number of ether oxygens (including phenoxy) is 2. The Kier molecular flexibility index (Phi) is 7.60. The zero-order valence-corrected chi connectivity index (χ0v) is 20.9. The summed E-state index contributed by atoms with van der Waals surface area (Å²) in [5.74, 6) is 0.155. The van der Waals surface area contributed by atoms with Gasteiger partial charge >= 0.3 is 12.0 Å². The van der Waals surface area contributed by atoms with Crippen molar-refractivity contribution in [1.82, 2.24) is 15.5 Å². The predicted molar refractivity (Wildman–Crippen MR) is 136 cm³/mol. The fraction of sp³-hybridized carbons (Fsp3) is 0.407. The van der Waals surface area contributed by atoms with Crippen LogP contribution in [-0.2, 0) is 9.53 Å². The minimum atomic E-state index is -0.662. The van der Waals surface area contributed by atoms with Gasteiger partial charge in [0.2, 0.25) is 0 Å². The molecule has 8 heteroatoms. The maximum Gasteiger partial charge on any atom is 0.338 e. The van der Waals surface area contributed by atoms with E-state index in [1.807, 2.05) is 24.3 Å². The Morgan fingerprint density at radius 2 is 1.80 bits per heavy atom. The molecule has 2 aliphatic heterocycles. The molecule has 0 radical (unpaired) electrons. The predicted octanol–water partition coefficient (Wildman–Crippen LogP) is 3.31. The molecular weight excluding hydrogens is 444 g/mol. The maximum atomic E-state index is 13.1. The van der Waals surface area contributed by atoms with Gasteiger partial charge in [0.25, 0.3) is 0 Å². The molecule has 2 amide bonds. The minimum absolute atomic E-state index is 0.247. The van der Waals surface area contributed by atoms with Gasteiger partial charge in [-0.3, -0.25) is 4.90 Å². The smallest absolute Gasteiger partial charge is 0.338 e. The number of hydrogen-bond acceptors (Lipinski definition) is 6. The van der Waals surface area contributed by atoms with Crippen molar-refractivity contribution < 1.29 is 19.1 Å². The van der Waals surface area contributed by atoms with Crippen LogP contribution in [-0.4, -0.2) is 63.3 Å². The number of carbonyl (C=O) groups is 2. The third-order valence-electron chi connectivity index (χ3n) is 6.77. The zero-order chi connectivity index (χ0) is 24.9. The SMILES string of the molecule is CCOC(=O)C1=C(CN2CCN(c3cccc(C)c3C)CC2)NC(=O)NC1c1ccccc1OC. The number of carbonyl (C=O) groups excluding carboxylic acids is 2. The van der Waals surface area contributed by atoms with Gasteiger partial charge in [0, 0.05) is 49.7 Å². The lowest BCUT2D eigenvalue weighted by molar-refractivity contribution is -0.139. The Labute approximate surface area is 206 Å². The number of nitrogens with zero attached hydrogens (tertiary/aromatic N) is 2. The molecule has 4 rings (SSSR count). The summed E-state index contributed by atoms with van der Waals surface area (Å²) in [7, 11) is 1.58. The minimum Gasteiger partial charge on any atom is -0.496 e. The Balaban J connectivity index is 1.59. The molecule has 2 aromatic rings. The van der Waals surface area contributed by atoms with Gasteiger partial charge in [0.1, 0.15) is 5.75 Å². The van der Waals surface area contributed by atoms with E-state index in [4.69, 9.17) is 9.47 Å². The summed E-state index contributed by atoms with van der Waals surface area (Å²) in [5.41, 5.74) is 5.55. The van der Waals surface area contributed by atoms with E-state index >= 15 is 0 Å². The van der Waals surface area contributed by atoms with Crippen LogP contribution < -0.4 is 20.3 Å². The second kappa shape index (κ2) is 10.8. The molecule has 8 nitrogen and oxygen atoms in total. The summed E-state index contributed by atoms with van der Waals surface area (Å²) in [6, 6.07) is 12.8. The highest BCUT2D eigenvalue weighted by Crippen LogP contribution is 2.34. The van der Waals surface area contributed by atoms with E-state index in [1.54, 1.807) is 14.0 Å². The Bertz CT molecular complexity index is 1120. The van der Waals surface area contributed by atoms with Crippen molar-refractivity contribution in [3.05, 3.63) is 70.4 Å².